The van der Waals surface area contributed by atoms with E-state index in [-0.39, 0.29) is 17.4 Å². The Morgan fingerprint density at radius 2 is 1.66 bits per heavy atom. The van der Waals surface area contributed by atoms with Crippen molar-refractivity contribution in [2.75, 3.05) is 43.0 Å². The minimum atomic E-state index is -0.514. The number of likely N-dealkylation sites (N-methyl/N-ethyl adjacent to an activating group) is 2. The molecule has 1 aromatic heterocycles. The van der Waals surface area contributed by atoms with E-state index in [0.717, 1.165) is 37.4 Å². The molecule has 0 aliphatic carbocycles. The van der Waals surface area contributed by atoms with Crippen molar-refractivity contribution in [1.82, 2.24) is 14.5 Å². The minimum Gasteiger partial charge on any atom is -0.373 e. The van der Waals surface area contributed by atoms with Gasteiger partial charge >= 0.3 is 0 Å². The summed E-state index contributed by atoms with van der Waals surface area (Å²) in [6.07, 6.45) is 0.610. The van der Waals surface area contributed by atoms with Gasteiger partial charge in [-0.05, 0) is 55.3 Å². The first-order chi connectivity index (χ1) is 16.8. The summed E-state index contributed by atoms with van der Waals surface area (Å²) in [5.74, 6) is 0.671. The van der Waals surface area contributed by atoms with E-state index < -0.39 is 6.04 Å². The smallest absolute Gasteiger partial charge is 0.263 e. The molecule has 0 N–H and O–H groups in total. The van der Waals surface area contributed by atoms with Gasteiger partial charge in [-0.15, -0.1) is 0 Å². The van der Waals surface area contributed by atoms with Gasteiger partial charge in [-0.25, -0.2) is 4.98 Å². The molecule has 1 unspecified atom stereocenters. The van der Waals surface area contributed by atoms with Gasteiger partial charge in [-0.3, -0.25) is 19.1 Å². The van der Waals surface area contributed by atoms with Crippen LogP contribution in [0.5, 0.6) is 0 Å². The van der Waals surface area contributed by atoms with Crippen molar-refractivity contribution >= 4 is 28.4 Å². The summed E-state index contributed by atoms with van der Waals surface area (Å²) in [5, 5.41) is 0.553. The van der Waals surface area contributed by atoms with Crippen molar-refractivity contribution in [3.05, 3.63) is 64.4 Å². The predicted molar refractivity (Wildman–Crippen MR) is 143 cm³/mol. The maximum atomic E-state index is 13.5. The minimum absolute atomic E-state index is 0.0565. The van der Waals surface area contributed by atoms with Crippen molar-refractivity contribution in [3.63, 3.8) is 0 Å². The molecule has 4 rings (SSSR count). The fourth-order valence-electron chi connectivity index (χ4n) is 4.79. The summed E-state index contributed by atoms with van der Waals surface area (Å²) in [7, 11) is 2.11. The molecule has 0 saturated carbocycles. The summed E-state index contributed by atoms with van der Waals surface area (Å²) in [4.78, 5) is 38.0. The second-order valence-corrected chi connectivity index (χ2v) is 9.79. The molecule has 0 radical (unpaired) electrons. The Labute approximate surface area is 208 Å². The molecule has 2 heterocycles. The Hall–Kier alpha value is -3.19. The third-order valence-electron chi connectivity index (χ3n) is 6.95. The highest BCUT2D eigenvalue weighted by Gasteiger charge is 2.39. The molecule has 1 atom stereocenters. The highest BCUT2D eigenvalue weighted by atomic mass is 16.2. The number of hydrogen-bond acceptors (Lipinski definition) is 5. The fraction of sp³-hybridized carbons (Fsp3) is 0.464. The Morgan fingerprint density at radius 3 is 2.31 bits per heavy atom. The summed E-state index contributed by atoms with van der Waals surface area (Å²) in [6, 6.07) is 15.1. The quantitative estimate of drug-likeness (QED) is 0.437. The van der Waals surface area contributed by atoms with Crippen molar-refractivity contribution in [2.24, 2.45) is 5.92 Å². The lowest BCUT2D eigenvalue weighted by Gasteiger charge is -2.25. The number of fused-ring (bicyclic) bond motifs is 2. The van der Waals surface area contributed by atoms with Crippen LogP contribution in [0.1, 0.15) is 45.7 Å². The van der Waals surface area contributed by atoms with Gasteiger partial charge in [0.2, 0.25) is 5.95 Å². The van der Waals surface area contributed by atoms with Crippen molar-refractivity contribution in [2.45, 2.75) is 46.7 Å². The number of hydrogen-bond donors (Lipinski definition) is 0. The number of nitrogens with zero attached hydrogens (tertiary/aromatic N) is 5. The SMILES string of the molecule is CCN(CC)CCN(C)c1ccc(CN2C(=O)C(CC(C)C)n3c2nc2ccccc2c3=O)cc1. The average Bonchev–Trinajstić information content (AvgIpc) is 3.10. The number of benzene rings is 2. The first-order valence-electron chi connectivity index (χ1n) is 12.7. The lowest BCUT2D eigenvalue weighted by Crippen LogP contribution is -2.33. The van der Waals surface area contributed by atoms with E-state index >= 15 is 0 Å². The van der Waals surface area contributed by atoms with E-state index in [9.17, 15) is 9.59 Å². The van der Waals surface area contributed by atoms with Crippen LogP contribution in [0.3, 0.4) is 0 Å². The molecule has 186 valence electrons. The first-order valence-corrected chi connectivity index (χ1v) is 12.7. The van der Waals surface area contributed by atoms with Crippen molar-refractivity contribution in [3.8, 4) is 0 Å². The van der Waals surface area contributed by atoms with Gasteiger partial charge < -0.3 is 9.80 Å². The van der Waals surface area contributed by atoms with Gasteiger partial charge in [-0.1, -0.05) is 52.0 Å². The summed E-state index contributed by atoms with van der Waals surface area (Å²) < 4.78 is 1.61. The second kappa shape index (κ2) is 10.6. The number of carbonyl (C=O) groups excluding carboxylic acids is 1. The van der Waals surface area contributed by atoms with Crippen LogP contribution >= 0.6 is 0 Å². The van der Waals surface area contributed by atoms with Crippen molar-refractivity contribution in [1.29, 1.82) is 0 Å². The van der Waals surface area contributed by atoms with Crippen LogP contribution in [-0.2, 0) is 11.3 Å². The van der Waals surface area contributed by atoms with E-state index in [0.29, 0.717) is 29.8 Å². The Morgan fingerprint density at radius 1 is 0.971 bits per heavy atom. The molecule has 0 bridgehead atoms. The monoisotopic (exact) mass is 475 g/mol. The zero-order valence-electron chi connectivity index (χ0n) is 21.6. The van der Waals surface area contributed by atoms with E-state index in [4.69, 9.17) is 4.98 Å². The molecule has 0 saturated heterocycles. The zero-order chi connectivity index (χ0) is 25.1. The van der Waals surface area contributed by atoms with Crippen LogP contribution in [0.15, 0.2) is 53.3 Å². The van der Waals surface area contributed by atoms with E-state index in [1.165, 1.54) is 0 Å². The Balaban J connectivity index is 1.59. The van der Waals surface area contributed by atoms with E-state index in [2.05, 4.69) is 68.8 Å². The molecular formula is C28H37N5O2. The van der Waals surface area contributed by atoms with Gasteiger partial charge in [0.05, 0.1) is 17.4 Å². The zero-order valence-corrected chi connectivity index (χ0v) is 21.6. The number of amides is 1. The largest absolute Gasteiger partial charge is 0.373 e. The van der Waals surface area contributed by atoms with Gasteiger partial charge in [-0.2, -0.15) is 0 Å². The van der Waals surface area contributed by atoms with Gasteiger partial charge in [0, 0.05) is 25.8 Å². The number of aromatic nitrogens is 2. The summed E-state index contributed by atoms with van der Waals surface area (Å²) in [5.41, 5.74) is 2.64. The lowest BCUT2D eigenvalue weighted by molar-refractivity contribution is -0.120. The topological polar surface area (TPSA) is 61.7 Å². The standard InChI is InChI=1S/C28H37N5O2/c1-6-31(7-2)17-16-30(5)22-14-12-21(13-15-22)19-32-27(35)25(18-20(3)4)33-26(34)23-10-8-9-11-24(23)29-28(32)33/h8-15,20,25H,6-7,16-19H2,1-5H3. The third-order valence-corrected chi connectivity index (χ3v) is 6.95. The molecule has 35 heavy (non-hydrogen) atoms. The van der Waals surface area contributed by atoms with Gasteiger partial charge in [0.1, 0.15) is 6.04 Å². The van der Waals surface area contributed by atoms with Gasteiger partial charge in [0.25, 0.3) is 11.5 Å². The van der Waals surface area contributed by atoms with Crippen LogP contribution in [0.2, 0.25) is 0 Å². The van der Waals surface area contributed by atoms with Crippen LogP contribution in [0.4, 0.5) is 11.6 Å². The molecule has 3 aromatic rings. The number of para-hydroxylation sites is 1. The van der Waals surface area contributed by atoms with E-state index in [1.54, 1.807) is 15.5 Å². The molecule has 7 heteroatoms. The molecular weight excluding hydrogens is 438 g/mol. The fourth-order valence-corrected chi connectivity index (χ4v) is 4.79. The maximum Gasteiger partial charge on any atom is 0.263 e. The first kappa shape index (κ1) is 24.9. The number of anilines is 2. The highest BCUT2D eigenvalue weighted by Crippen LogP contribution is 2.33. The molecule has 2 aromatic carbocycles. The van der Waals surface area contributed by atoms with Crippen molar-refractivity contribution < 1.29 is 4.79 Å². The predicted octanol–water partition coefficient (Wildman–Crippen LogP) is 4.31. The third kappa shape index (κ3) is 5.10. The molecule has 1 aliphatic rings. The number of rotatable bonds is 10. The Kier molecular flexibility index (Phi) is 7.55. The summed E-state index contributed by atoms with van der Waals surface area (Å²) in [6.45, 7) is 13.0. The molecule has 1 amide bonds. The normalized spacial score (nSPS) is 15.5. The second-order valence-electron chi connectivity index (χ2n) is 9.79. The molecule has 0 spiro atoms. The number of carbonyl (C=O) groups is 1. The van der Waals surface area contributed by atoms with Gasteiger partial charge in [0.15, 0.2) is 0 Å². The lowest BCUT2D eigenvalue weighted by atomic mass is 10.0. The molecule has 1 aliphatic heterocycles. The van der Waals surface area contributed by atoms with Crippen LogP contribution in [0, 0.1) is 5.92 Å². The Bertz CT molecular complexity index is 1230. The van der Waals surface area contributed by atoms with E-state index in [1.807, 2.05) is 18.2 Å². The van der Waals surface area contributed by atoms with Crippen LogP contribution < -0.4 is 15.4 Å². The average molecular weight is 476 g/mol. The van der Waals surface area contributed by atoms with Crippen LogP contribution in [-0.4, -0.2) is 53.6 Å². The molecule has 7 nitrogen and oxygen atoms in total. The highest BCUT2D eigenvalue weighted by molar-refractivity contribution is 5.99. The van der Waals surface area contributed by atoms with Crippen LogP contribution in [0.25, 0.3) is 10.9 Å². The summed E-state index contributed by atoms with van der Waals surface area (Å²) >= 11 is 0. The molecule has 0 fully saturated rings. The maximum absolute atomic E-state index is 13.5.